The molecule has 0 saturated heterocycles. The maximum absolute atomic E-state index is 13.6. The number of aliphatic carboxylic acids is 1. The molecule has 2 aromatic heterocycles. The first-order chi connectivity index (χ1) is 14.9. The number of hydrogen-bond acceptors (Lipinski definition) is 4. The minimum Gasteiger partial charge on any atom is -0.478 e. The van der Waals surface area contributed by atoms with E-state index in [9.17, 15) is 14.3 Å². The molecule has 0 unspecified atom stereocenters. The van der Waals surface area contributed by atoms with E-state index >= 15 is 0 Å². The molecule has 4 aromatic rings. The van der Waals surface area contributed by atoms with E-state index in [1.54, 1.807) is 18.3 Å². The summed E-state index contributed by atoms with van der Waals surface area (Å²) in [5.41, 5.74) is 2.07. The number of carboxylic acid groups (broad SMARTS) is 1. The van der Waals surface area contributed by atoms with Crippen LogP contribution in [0.4, 0.5) is 4.39 Å². The van der Waals surface area contributed by atoms with E-state index in [0.717, 1.165) is 39.5 Å². The van der Waals surface area contributed by atoms with Crippen molar-refractivity contribution in [3.63, 3.8) is 0 Å². The third kappa shape index (κ3) is 3.12. The van der Waals surface area contributed by atoms with E-state index in [-0.39, 0.29) is 11.7 Å². The number of rotatable bonds is 5. The normalized spacial score (nSPS) is 15.4. The van der Waals surface area contributed by atoms with Crippen LogP contribution < -0.4 is 4.74 Å². The van der Waals surface area contributed by atoms with Crippen LogP contribution in [0.15, 0.2) is 42.6 Å². The van der Waals surface area contributed by atoms with Crippen molar-refractivity contribution < 1.29 is 19.0 Å². The van der Waals surface area contributed by atoms with E-state index in [1.165, 1.54) is 12.1 Å². The van der Waals surface area contributed by atoms with E-state index < -0.39 is 11.6 Å². The number of halogens is 1. The standard InChI is InChI=1S/C24H22FN3O3/c1-13(2)21-20(14-4-6-16(25)7-5-14)17-10-15-12-26-28-19(15)11-18(17)22(27-21)31-24(23(29)30)8-3-9-24/h4-7,10-13H,3,8-9H2,1-2H3,(H,26,28)(H,29,30). The number of aromatic nitrogens is 3. The van der Waals surface area contributed by atoms with Crippen LogP contribution in [0.3, 0.4) is 0 Å². The van der Waals surface area contributed by atoms with E-state index in [2.05, 4.69) is 10.2 Å². The second-order valence-electron chi connectivity index (χ2n) is 8.45. The molecule has 158 valence electrons. The smallest absolute Gasteiger partial charge is 0.348 e. The van der Waals surface area contributed by atoms with Crippen molar-refractivity contribution in [1.29, 1.82) is 0 Å². The number of aromatic amines is 1. The molecule has 2 heterocycles. The van der Waals surface area contributed by atoms with Crippen LogP contribution in [0.5, 0.6) is 5.88 Å². The SMILES string of the molecule is CC(C)c1nc(OC2(C(=O)O)CCC2)c2cc3[nH]ncc3cc2c1-c1ccc(F)cc1. The Hall–Kier alpha value is -3.48. The number of nitrogens with zero attached hydrogens (tertiary/aromatic N) is 2. The lowest BCUT2D eigenvalue weighted by molar-refractivity contribution is -0.163. The number of hydrogen-bond donors (Lipinski definition) is 2. The average molecular weight is 419 g/mol. The summed E-state index contributed by atoms with van der Waals surface area (Å²) in [5.74, 6) is -0.931. The molecule has 0 amide bonds. The van der Waals surface area contributed by atoms with Gasteiger partial charge in [-0.05, 0) is 60.4 Å². The quantitative estimate of drug-likeness (QED) is 0.451. The second kappa shape index (κ2) is 7.04. The number of fused-ring (bicyclic) bond motifs is 2. The van der Waals surface area contributed by atoms with Gasteiger partial charge in [-0.25, -0.2) is 14.2 Å². The first-order valence-corrected chi connectivity index (χ1v) is 10.4. The third-order valence-electron chi connectivity index (χ3n) is 6.08. The summed E-state index contributed by atoms with van der Waals surface area (Å²) in [6.07, 6.45) is 3.45. The zero-order valence-corrected chi connectivity index (χ0v) is 17.3. The molecule has 0 radical (unpaired) electrons. The van der Waals surface area contributed by atoms with Gasteiger partial charge >= 0.3 is 5.97 Å². The monoisotopic (exact) mass is 419 g/mol. The third-order valence-corrected chi connectivity index (χ3v) is 6.08. The van der Waals surface area contributed by atoms with Gasteiger partial charge in [-0.2, -0.15) is 5.10 Å². The molecule has 6 nitrogen and oxygen atoms in total. The Kier molecular flexibility index (Phi) is 4.43. The summed E-state index contributed by atoms with van der Waals surface area (Å²) in [7, 11) is 0. The molecule has 1 aliphatic rings. The van der Waals surface area contributed by atoms with Crippen molar-refractivity contribution in [1.82, 2.24) is 15.2 Å². The summed E-state index contributed by atoms with van der Waals surface area (Å²) in [5, 5.41) is 19.4. The molecular weight excluding hydrogens is 397 g/mol. The molecule has 2 N–H and O–H groups in total. The number of H-pyrrole nitrogens is 1. The van der Waals surface area contributed by atoms with Crippen molar-refractivity contribution in [2.75, 3.05) is 0 Å². The Bertz CT molecular complexity index is 1310. The van der Waals surface area contributed by atoms with Gasteiger partial charge in [0.25, 0.3) is 0 Å². The highest BCUT2D eigenvalue weighted by molar-refractivity contribution is 6.06. The lowest BCUT2D eigenvalue weighted by atomic mass is 9.80. The topological polar surface area (TPSA) is 88.1 Å². The second-order valence-corrected chi connectivity index (χ2v) is 8.45. The summed E-state index contributed by atoms with van der Waals surface area (Å²) < 4.78 is 19.7. The fourth-order valence-electron chi connectivity index (χ4n) is 4.20. The summed E-state index contributed by atoms with van der Waals surface area (Å²) in [6.45, 7) is 4.05. The van der Waals surface area contributed by atoms with Crippen molar-refractivity contribution in [2.24, 2.45) is 0 Å². The Labute approximate surface area is 178 Å². The molecule has 7 heteroatoms. The highest BCUT2D eigenvalue weighted by atomic mass is 19.1. The predicted molar refractivity (Wildman–Crippen MR) is 116 cm³/mol. The van der Waals surface area contributed by atoms with E-state index in [4.69, 9.17) is 9.72 Å². The first kappa shape index (κ1) is 19.5. The Morgan fingerprint density at radius 2 is 1.94 bits per heavy atom. The molecule has 2 aromatic carbocycles. The molecule has 1 aliphatic carbocycles. The fraction of sp³-hybridized carbons (Fsp3) is 0.292. The van der Waals surface area contributed by atoms with Crippen LogP contribution in [0, 0.1) is 5.82 Å². The van der Waals surface area contributed by atoms with Crippen LogP contribution in [0.2, 0.25) is 0 Å². The lowest BCUT2D eigenvalue weighted by Crippen LogP contribution is -2.50. The summed E-state index contributed by atoms with van der Waals surface area (Å²) >= 11 is 0. The Morgan fingerprint density at radius 3 is 2.55 bits per heavy atom. The molecule has 0 aliphatic heterocycles. The lowest BCUT2D eigenvalue weighted by Gasteiger charge is -2.37. The maximum Gasteiger partial charge on any atom is 0.348 e. The zero-order valence-electron chi connectivity index (χ0n) is 17.3. The van der Waals surface area contributed by atoms with Gasteiger partial charge in [-0.3, -0.25) is 5.10 Å². The van der Waals surface area contributed by atoms with Crippen molar-refractivity contribution in [3.8, 4) is 17.0 Å². The first-order valence-electron chi connectivity index (χ1n) is 10.4. The van der Waals surface area contributed by atoms with Crippen molar-refractivity contribution >= 4 is 27.6 Å². The van der Waals surface area contributed by atoms with Gasteiger partial charge in [0.2, 0.25) is 11.5 Å². The van der Waals surface area contributed by atoms with Crippen LogP contribution in [0.25, 0.3) is 32.8 Å². The van der Waals surface area contributed by atoms with E-state index in [1.807, 2.05) is 26.0 Å². The van der Waals surface area contributed by atoms with Gasteiger partial charge in [0.05, 0.1) is 17.4 Å². The number of benzene rings is 2. The number of carboxylic acids is 1. The van der Waals surface area contributed by atoms with Gasteiger partial charge in [-0.1, -0.05) is 26.0 Å². The Morgan fingerprint density at radius 1 is 1.19 bits per heavy atom. The summed E-state index contributed by atoms with van der Waals surface area (Å²) in [6, 6.07) is 10.2. The van der Waals surface area contributed by atoms with Crippen LogP contribution in [0.1, 0.15) is 44.7 Å². The predicted octanol–water partition coefficient (Wildman–Crippen LogP) is 5.43. The van der Waals surface area contributed by atoms with Crippen molar-refractivity contribution in [2.45, 2.75) is 44.6 Å². The molecule has 5 rings (SSSR count). The average Bonchev–Trinajstić information content (AvgIpc) is 3.16. The molecule has 1 saturated carbocycles. The van der Waals surface area contributed by atoms with Crippen molar-refractivity contribution in [3.05, 3.63) is 54.1 Å². The number of carbonyl (C=O) groups is 1. The minimum absolute atomic E-state index is 0.0361. The highest BCUT2D eigenvalue weighted by Gasteiger charge is 2.48. The molecule has 0 atom stereocenters. The van der Waals surface area contributed by atoms with Crippen LogP contribution in [-0.4, -0.2) is 31.9 Å². The van der Waals surface area contributed by atoms with E-state index in [0.29, 0.717) is 24.1 Å². The molecule has 31 heavy (non-hydrogen) atoms. The Balaban J connectivity index is 1.83. The maximum atomic E-state index is 13.6. The molecule has 0 bridgehead atoms. The zero-order chi connectivity index (χ0) is 21.8. The number of ether oxygens (including phenoxy) is 1. The van der Waals surface area contributed by atoms with Gasteiger partial charge < -0.3 is 9.84 Å². The van der Waals surface area contributed by atoms with Gasteiger partial charge in [0.15, 0.2) is 0 Å². The molecular formula is C24H22FN3O3. The van der Waals surface area contributed by atoms with Crippen LogP contribution in [-0.2, 0) is 4.79 Å². The number of pyridine rings is 1. The van der Waals surface area contributed by atoms with Gasteiger partial charge in [0, 0.05) is 16.3 Å². The highest BCUT2D eigenvalue weighted by Crippen LogP contribution is 2.43. The molecule has 1 fully saturated rings. The molecule has 0 spiro atoms. The summed E-state index contributed by atoms with van der Waals surface area (Å²) in [4.78, 5) is 16.8. The fourth-order valence-corrected chi connectivity index (χ4v) is 4.20. The van der Waals surface area contributed by atoms with Crippen LogP contribution >= 0.6 is 0 Å². The van der Waals surface area contributed by atoms with Gasteiger partial charge in [0.1, 0.15) is 5.82 Å². The minimum atomic E-state index is -1.24. The van der Waals surface area contributed by atoms with Gasteiger partial charge in [-0.15, -0.1) is 0 Å². The largest absolute Gasteiger partial charge is 0.478 e. The number of nitrogens with one attached hydrogen (secondary N) is 1.